The van der Waals surface area contributed by atoms with Gasteiger partial charge in [0, 0.05) is 19.9 Å². The van der Waals surface area contributed by atoms with Gasteiger partial charge in [-0.25, -0.2) is 0 Å². The highest BCUT2D eigenvalue weighted by Gasteiger charge is 2.31. The van der Waals surface area contributed by atoms with Gasteiger partial charge in [-0.3, -0.25) is 24.1 Å². The maximum absolute atomic E-state index is 11.9. The Morgan fingerprint density at radius 3 is 2.59 bits per heavy atom. The molecule has 118 valence electrons. The second kappa shape index (κ2) is 6.88. The molecule has 1 aromatic rings. The first-order valence-electron chi connectivity index (χ1n) is 6.83. The third kappa shape index (κ3) is 3.94. The van der Waals surface area contributed by atoms with Gasteiger partial charge in [0.05, 0.1) is 19.4 Å². The first-order valence-corrected chi connectivity index (χ1v) is 6.83. The van der Waals surface area contributed by atoms with Crippen LogP contribution in [0.15, 0.2) is 22.8 Å². The number of carbonyl (C=O) groups excluding carboxylic acids is 4. The molecule has 1 aliphatic heterocycles. The fourth-order valence-electron chi connectivity index (χ4n) is 2.01. The van der Waals surface area contributed by atoms with Crippen LogP contribution in [0.2, 0.25) is 0 Å². The molecule has 1 N–H and O–H groups in total. The average molecular weight is 307 g/mol. The molecule has 1 aromatic heterocycles. The van der Waals surface area contributed by atoms with Crippen molar-refractivity contribution in [2.75, 3.05) is 20.1 Å². The molecule has 2 rings (SSSR count). The number of hydrogen-bond acceptors (Lipinski definition) is 5. The van der Waals surface area contributed by atoms with Crippen molar-refractivity contribution in [1.29, 1.82) is 0 Å². The zero-order valence-corrected chi connectivity index (χ0v) is 12.2. The van der Waals surface area contributed by atoms with Gasteiger partial charge in [0.15, 0.2) is 0 Å². The van der Waals surface area contributed by atoms with Gasteiger partial charge in [-0.1, -0.05) is 0 Å². The summed E-state index contributed by atoms with van der Waals surface area (Å²) in [7, 11) is 1.44. The fourth-order valence-corrected chi connectivity index (χ4v) is 2.01. The molecule has 1 saturated heterocycles. The number of furan rings is 1. The van der Waals surface area contributed by atoms with Gasteiger partial charge in [0.2, 0.25) is 23.6 Å². The molecule has 0 atom stereocenters. The largest absolute Gasteiger partial charge is 0.467 e. The van der Waals surface area contributed by atoms with E-state index in [0.29, 0.717) is 5.76 Å². The summed E-state index contributed by atoms with van der Waals surface area (Å²) in [6.45, 7) is -0.244. The monoisotopic (exact) mass is 307 g/mol. The predicted octanol–water partition coefficient (Wildman–Crippen LogP) is -0.497. The minimum Gasteiger partial charge on any atom is -0.467 e. The van der Waals surface area contributed by atoms with Crippen molar-refractivity contribution in [3.8, 4) is 0 Å². The highest BCUT2D eigenvalue weighted by molar-refractivity contribution is 6.04. The Labute approximate surface area is 127 Å². The Morgan fingerprint density at radius 1 is 1.32 bits per heavy atom. The molecule has 22 heavy (non-hydrogen) atoms. The minimum absolute atomic E-state index is 0.138. The highest BCUT2D eigenvalue weighted by atomic mass is 16.3. The Kier molecular flexibility index (Phi) is 4.92. The number of imide groups is 1. The molecule has 8 nitrogen and oxygen atoms in total. The fraction of sp³-hybridized carbons (Fsp3) is 0.429. The number of amides is 4. The van der Waals surface area contributed by atoms with Crippen molar-refractivity contribution in [3.63, 3.8) is 0 Å². The summed E-state index contributed by atoms with van der Waals surface area (Å²) in [5.41, 5.74) is 0. The molecule has 2 heterocycles. The standard InChI is InChI=1S/C14H17N3O5/c1-16(8-11(18)15-7-10-3-2-6-22-10)14(21)9-17-12(19)4-5-13(17)20/h2-3,6H,4-5,7-9H2,1H3,(H,15,18). The number of likely N-dealkylation sites (N-methyl/N-ethyl adjacent to an activating group) is 1. The molecule has 0 aliphatic carbocycles. The summed E-state index contributed by atoms with van der Waals surface area (Å²) in [6, 6.07) is 3.43. The van der Waals surface area contributed by atoms with Crippen molar-refractivity contribution in [3.05, 3.63) is 24.2 Å². The zero-order valence-electron chi connectivity index (χ0n) is 12.2. The van der Waals surface area contributed by atoms with E-state index in [4.69, 9.17) is 4.42 Å². The van der Waals surface area contributed by atoms with Crippen LogP contribution in [0.3, 0.4) is 0 Å². The lowest BCUT2D eigenvalue weighted by Gasteiger charge is -2.20. The molecule has 0 spiro atoms. The molecular weight excluding hydrogens is 290 g/mol. The van der Waals surface area contributed by atoms with Crippen molar-refractivity contribution in [2.24, 2.45) is 0 Å². The number of hydrogen-bond donors (Lipinski definition) is 1. The lowest BCUT2D eigenvalue weighted by molar-refractivity contribution is -0.145. The zero-order chi connectivity index (χ0) is 16.1. The van der Waals surface area contributed by atoms with Gasteiger partial charge < -0.3 is 14.6 Å². The molecule has 8 heteroatoms. The highest BCUT2D eigenvalue weighted by Crippen LogP contribution is 2.11. The van der Waals surface area contributed by atoms with Gasteiger partial charge in [-0.15, -0.1) is 0 Å². The Morgan fingerprint density at radius 2 is 2.00 bits per heavy atom. The van der Waals surface area contributed by atoms with Crippen LogP contribution < -0.4 is 5.32 Å². The normalized spacial score (nSPS) is 14.3. The van der Waals surface area contributed by atoms with E-state index < -0.39 is 5.91 Å². The number of carbonyl (C=O) groups is 4. The number of nitrogens with one attached hydrogen (secondary N) is 1. The van der Waals surface area contributed by atoms with E-state index in [9.17, 15) is 19.2 Å². The van der Waals surface area contributed by atoms with Crippen LogP contribution in [0.4, 0.5) is 0 Å². The summed E-state index contributed by atoms with van der Waals surface area (Å²) in [4.78, 5) is 48.7. The molecular formula is C14H17N3O5. The number of likely N-dealkylation sites (tertiary alicyclic amines) is 1. The van der Waals surface area contributed by atoms with Crippen LogP contribution in [0.5, 0.6) is 0 Å². The maximum Gasteiger partial charge on any atom is 0.242 e. The summed E-state index contributed by atoms with van der Waals surface area (Å²) >= 11 is 0. The lowest BCUT2D eigenvalue weighted by atomic mass is 10.4. The SMILES string of the molecule is CN(CC(=O)NCc1ccco1)C(=O)CN1C(=O)CCC1=O. The van der Waals surface area contributed by atoms with E-state index in [1.165, 1.54) is 18.2 Å². The van der Waals surface area contributed by atoms with Crippen LogP contribution >= 0.6 is 0 Å². The van der Waals surface area contributed by atoms with Crippen molar-refractivity contribution >= 4 is 23.6 Å². The molecule has 0 unspecified atom stereocenters. The minimum atomic E-state index is -0.461. The predicted molar refractivity (Wildman–Crippen MR) is 74.1 cm³/mol. The van der Waals surface area contributed by atoms with E-state index >= 15 is 0 Å². The van der Waals surface area contributed by atoms with Crippen LogP contribution in [-0.2, 0) is 25.7 Å². The number of rotatable bonds is 6. The third-order valence-corrected chi connectivity index (χ3v) is 3.29. The van der Waals surface area contributed by atoms with Crippen LogP contribution in [0, 0.1) is 0 Å². The second-order valence-corrected chi connectivity index (χ2v) is 4.98. The molecule has 0 bridgehead atoms. The van der Waals surface area contributed by atoms with E-state index in [0.717, 1.165) is 4.90 Å². The Hall–Kier alpha value is -2.64. The van der Waals surface area contributed by atoms with Crippen LogP contribution in [0.1, 0.15) is 18.6 Å². The van der Waals surface area contributed by atoms with Crippen LogP contribution in [0.25, 0.3) is 0 Å². The molecule has 1 fully saturated rings. The lowest BCUT2D eigenvalue weighted by Crippen LogP contribution is -2.44. The molecule has 0 saturated carbocycles. The topological polar surface area (TPSA) is 99.9 Å². The van der Waals surface area contributed by atoms with Gasteiger partial charge in [0.1, 0.15) is 12.3 Å². The molecule has 4 amide bonds. The summed E-state index contributed by atoms with van der Waals surface area (Å²) in [6.07, 6.45) is 1.78. The first kappa shape index (κ1) is 15.7. The van der Waals surface area contributed by atoms with Gasteiger partial charge >= 0.3 is 0 Å². The second-order valence-electron chi connectivity index (χ2n) is 4.98. The molecule has 0 radical (unpaired) electrons. The Bertz CT molecular complexity index is 565. The smallest absolute Gasteiger partial charge is 0.242 e. The van der Waals surface area contributed by atoms with Crippen molar-refractivity contribution < 1.29 is 23.6 Å². The van der Waals surface area contributed by atoms with E-state index in [2.05, 4.69) is 5.32 Å². The summed E-state index contributed by atoms with van der Waals surface area (Å²) in [5.74, 6) is -0.915. The quantitative estimate of drug-likeness (QED) is 0.714. The number of nitrogens with zero attached hydrogens (tertiary/aromatic N) is 2. The van der Waals surface area contributed by atoms with Gasteiger partial charge in [0.25, 0.3) is 0 Å². The molecule has 0 aromatic carbocycles. The Balaban J connectivity index is 1.77. The average Bonchev–Trinajstić information content (AvgIpc) is 3.10. The summed E-state index contributed by atoms with van der Waals surface area (Å²) in [5, 5.41) is 2.61. The van der Waals surface area contributed by atoms with Gasteiger partial charge in [-0.2, -0.15) is 0 Å². The van der Waals surface area contributed by atoms with E-state index in [1.807, 2.05) is 0 Å². The van der Waals surface area contributed by atoms with Crippen LogP contribution in [-0.4, -0.2) is 53.6 Å². The van der Waals surface area contributed by atoms with Gasteiger partial charge in [-0.05, 0) is 12.1 Å². The van der Waals surface area contributed by atoms with Crippen molar-refractivity contribution in [1.82, 2.24) is 15.1 Å². The van der Waals surface area contributed by atoms with E-state index in [1.54, 1.807) is 12.1 Å². The molecule has 1 aliphatic rings. The van der Waals surface area contributed by atoms with E-state index in [-0.39, 0.29) is 50.2 Å². The summed E-state index contributed by atoms with van der Waals surface area (Å²) < 4.78 is 5.07. The first-order chi connectivity index (χ1) is 10.5. The third-order valence-electron chi connectivity index (χ3n) is 3.29. The maximum atomic E-state index is 11.9. The van der Waals surface area contributed by atoms with Crippen molar-refractivity contribution in [2.45, 2.75) is 19.4 Å².